The molecule has 0 heterocycles. The number of hydrogen-bond acceptors (Lipinski definition) is 3. The maximum atomic E-state index is 12.2. The summed E-state index contributed by atoms with van der Waals surface area (Å²) in [6.45, 7) is 0.789. The van der Waals surface area contributed by atoms with Crippen molar-refractivity contribution in [1.82, 2.24) is 5.32 Å². The highest BCUT2D eigenvalue weighted by atomic mass is 16.5. The molecule has 2 fully saturated rings. The van der Waals surface area contributed by atoms with Crippen LogP contribution >= 0.6 is 0 Å². The fourth-order valence-corrected chi connectivity index (χ4v) is 3.71. The number of benzene rings is 1. The maximum absolute atomic E-state index is 12.2. The summed E-state index contributed by atoms with van der Waals surface area (Å²) < 4.78 is 5.51. The van der Waals surface area contributed by atoms with Crippen LogP contribution < -0.4 is 10.1 Å². The Labute approximate surface area is 136 Å². The van der Waals surface area contributed by atoms with Crippen molar-refractivity contribution in [1.29, 1.82) is 0 Å². The highest BCUT2D eigenvalue weighted by Crippen LogP contribution is 2.61. The first kappa shape index (κ1) is 15.8. The van der Waals surface area contributed by atoms with Gasteiger partial charge in [-0.3, -0.25) is 4.79 Å². The lowest BCUT2D eigenvalue weighted by Gasteiger charge is -2.22. The first-order valence-electron chi connectivity index (χ1n) is 8.35. The number of hydrogen-bond donors (Lipinski definition) is 2. The standard InChI is InChI=1S/C18H23NO4/c20-16(15-12-18(15)7-2-1-3-8-18)19-9-10-23-14-6-4-5-13(11-14)17(21)22/h4-6,11,15H,1-3,7-10,12H2,(H,19,20)(H,21,22)/t15-/m0/s1. The number of amides is 1. The monoisotopic (exact) mass is 317 g/mol. The van der Waals surface area contributed by atoms with Crippen LogP contribution in [0.4, 0.5) is 0 Å². The molecular weight excluding hydrogens is 294 g/mol. The van der Waals surface area contributed by atoms with Gasteiger partial charge in [0.2, 0.25) is 5.91 Å². The molecule has 0 radical (unpaired) electrons. The molecule has 2 saturated carbocycles. The van der Waals surface area contributed by atoms with Gasteiger partial charge >= 0.3 is 5.97 Å². The normalized spacial score (nSPS) is 21.7. The third-order valence-corrected chi connectivity index (χ3v) is 5.11. The van der Waals surface area contributed by atoms with Crippen molar-refractivity contribution in [2.45, 2.75) is 38.5 Å². The predicted molar refractivity (Wildman–Crippen MR) is 85.5 cm³/mol. The molecule has 0 aliphatic heterocycles. The minimum Gasteiger partial charge on any atom is -0.492 e. The molecule has 0 bridgehead atoms. The van der Waals surface area contributed by atoms with Gasteiger partial charge in [-0.25, -0.2) is 4.79 Å². The van der Waals surface area contributed by atoms with Gasteiger partial charge in [-0.1, -0.05) is 25.3 Å². The topological polar surface area (TPSA) is 75.6 Å². The van der Waals surface area contributed by atoms with Crippen LogP contribution in [-0.4, -0.2) is 30.1 Å². The van der Waals surface area contributed by atoms with Gasteiger partial charge in [0.05, 0.1) is 12.1 Å². The molecule has 0 aromatic heterocycles. The van der Waals surface area contributed by atoms with Crippen LogP contribution in [0.5, 0.6) is 5.75 Å². The Balaban J connectivity index is 1.39. The van der Waals surface area contributed by atoms with Gasteiger partial charge < -0.3 is 15.2 Å². The van der Waals surface area contributed by atoms with Crippen LogP contribution in [0.2, 0.25) is 0 Å². The molecule has 5 heteroatoms. The van der Waals surface area contributed by atoms with Crippen molar-refractivity contribution in [3.05, 3.63) is 29.8 Å². The van der Waals surface area contributed by atoms with Crippen molar-refractivity contribution >= 4 is 11.9 Å². The summed E-state index contributed by atoms with van der Waals surface area (Å²) in [6.07, 6.45) is 7.26. The van der Waals surface area contributed by atoms with Crippen LogP contribution in [0.1, 0.15) is 48.9 Å². The number of rotatable bonds is 6. The maximum Gasteiger partial charge on any atom is 0.335 e. The van der Waals surface area contributed by atoms with Crippen molar-refractivity contribution < 1.29 is 19.4 Å². The molecule has 23 heavy (non-hydrogen) atoms. The second-order valence-corrected chi connectivity index (χ2v) is 6.65. The van der Waals surface area contributed by atoms with Crippen LogP contribution in [0.3, 0.4) is 0 Å². The number of nitrogens with one attached hydrogen (secondary N) is 1. The van der Waals surface area contributed by atoms with Gasteiger partial charge in [0.1, 0.15) is 12.4 Å². The number of carbonyl (C=O) groups is 2. The van der Waals surface area contributed by atoms with E-state index in [9.17, 15) is 9.59 Å². The molecule has 1 amide bonds. The van der Waals surface area contributed by atoms with E-state index in [4.69, 9.17) is 9.84 Å². The van der Waals surface area contributed by atoms with Crippen molar-refractivity contribution in [3.8, 4) is 5.75 Å². The minimum atomic E-state index is -0.977. The number of carbonyl (C=O) groups excluding carboxylic acids is 1. The second-order valence-electron chi connectivity index (χ2n) is 6.65. The zero-order chi connectivity index (χ0) is 16.3. The third-order valence-electron chi connectivity index (χ3n) is 5.11. The fraction of sp³-hybridized carbons (Fsp3) is 0.556. The molecule has 2 aliphatic carbocycles. The zero-order valence-corrected chi connectivity index (χ0v) is 13.2. The molecule has 3 rings (SSSR count). The van der Waals surface area contributed by atoms with Crippen LogP contribution in [0.15, 0.2) is 24.3 Å². The molecule has 1 spiro atoms. The fourth-order valence-electron chi connectivity index (χ4n) is 3.71. The number of ether oxygens (including phenoxy) is 1. The lowest BCUT2D eigenvalue weighted by atomic mass is 9.84. The Morgan fingerprint density at radius 3 is 2.78 bits per heavy atom. The SMILES string of the molecule is O=C(O)c1cccc(OCCNC(=O)[C@@H]2CC23CCCCC3)c1. The van der Waals surface area contributed by atoms with Crippen LogP contribution in [0, 0.1) is 11.3 Å². The Hall–Kier alpha value is -2.04. The first-order chi connectivity index (χ1) is 11.1. The predicted octanol–water partition coefficient (Wildman–Crippen LogP) is 2.85. The van der Waals surface area contributed by atoms with E-state index in [0.29, 0.717) is 24.3 Å². The van der Waals surface area contributed by atoms with Gasteiger partial charge in [-0.15, -0.1) is 0 Å². The molecular formula is C18H23NO4. The Morgan fingerprint density at radius 1 is 1.26 bits per heavy atom. The van der Waals surface area contributed by atoms with Gasteiger partial charge in [0.25, 0.3) is 0 Å². The summed E-state index contributed by atoms with van der Waals surface area (Å²) >= 11 is 0. The number of carboxylic acids is 1. The van der Waals surface area contributed by atoms with Crippen molar-refractivity contribution in [3.63, 3.8) is 0 Å². The van der Waals surface area contributed by atoms with Crippen molar-refractivity contribution in [2.24, 2.45) is 11.3 Å². The molecule has 124 valence electrons. The molecule has 5 nitrogen and oxygen atoms in total. The number of aromatic carboxylic acids is 1. The van der Waals surface area contributed by atoms with Crippen LogP contribution in [0.25, 0.3) is 0 Å². The molecule has 0 unspecified atom stereocenters. The summed E-state index contributed by atoms with van der Waals surface area (Å²) in [4.78, 5) is 23.1. The Bertz CT molecular complexity index is 592. The largest absolute Gasteiger partial charge is 0.492 e. The van der Waals surface area contributed by atoms with Crippen LogP contribution in [-0.2, 0) is 4.79 Å². The Morgan fingerprint density at radius 2 is 2.04 bits per heavy atom. The summed E-state index contributed by atoms with van der Waals surface area (Å²) in [5, 5.41) is 11.9. The zero-order valence-electron chi connectivity index (χ0n) is 13.2. The molecule has 2 N–H and O–H groups in total. The third kappa shape index (κ3) is 3.66. The van der Waals surface area contributed by atoms with E-state index >= 15 is 0 Å². The first-order valence-corrected chi connectivity index (χ1v) is 8.35. The van der Waals surface area contributed by atoms with Gasteiger partial charge in [0.15, 0.2) is 0 Å². The minimum absolute atomic E-state index is 0.148. The smallest absolute Gasteiger partial charge is 0.335 e. The van der Waals surface area contributed by atoms with E-state index in [0.717, 1.165) is 6.42 Å². The molecule has 0 saturated heterocycles. The molecule has 1 aromatic carbocycles. The second kappa shape index (κ2) is 6.60. The number of carboxylic acid groups (broad SMARTS) is 1. The molecule has 2 aliphatic rings. The average molecular weight is 317 g/mol. The van der Waals surface area contributed by atoms with Gasteiger partial charge in [0, 0.05) is 5.92 Å². The van der Waals surface area contributed by atoms with E-state index in [1.807, 2.05) is 0 Å². The van der Waals surface area contributed by atoms with Crippen molar-refractivity contribution in [2.75, 3.05) is 13.2 Å². The van der Waals surface area contributed by atoms with E-state index in [1.54, 1.807) is 12.1 Å². The summed E-state index contributed by atoms with van der Waals surface area (Å²) in [7, 11) is 0. The van der Waals surface area contributed by atoms with Gasteiger partial charge in [-0.05, 0) is 42.9 Å². The highest BCUT2D eigenvalue weighted by molar-refractivity contribution is 5.88. The van der Waals surface area contributed by atoms with E-state index < -0.39 is 5.97 Å². The molecule has 1 atom stereocenters. The molecule has 1 aromatic rings. The van der Waals surface area contributed by atoms with E-state index in [2.05, 4.69) is 5.32 Å². The lowest BCUT2D eigenvalue weighted by Crippen LogP contribution is -2.31. The quantitative estimate of drug-likeness (QED) is 0.791. The van der Waals surface area contributed by atoms with E-state index in [1.165, 1.54) is 44.2 Å². The summed E-state index contributed by atoms with van der Waals surface area (Å²) in [6, 6.07) is 6.37. The Kier molecular flexibility index (Phi) is 4.55. The average Bonchev–Trinajstić information content (AvgIpc) is 3.25. The highest BCUT2D eigenvalue weighted by Gasteiger charge is 2.57. The van der Waals surface area contributed by atoms with E-state index in [-0.39, 0.29) is 17.4 Å². The lowest BCUT2D eigenvalue weighted by molar-refractivity contribution is -0.123. The summed E-state index contributed by atoms with van der Waals surface area (Å²) in [5.41, 5.74) is 0.502. The van der Waals surface area contributed by atoms with Gasteiger partial charge in [-0.2, -0.15) is 0 Å². The summed E-state index contributed by atoms with van der Waals surface area (Å²) in [5.74, 6) is -0.127.